The number of halogens is 2. The van der Waals surface area contributed by atoms with Gasteiger partial charge in [0.1, 0.15) is 5.15 Å². The lowest BCUT2D eigenvalue weighted by Crippen LogP contribution is -2.00. The molecule has 19 heavy (non-hydrogen) atoms. The predicted octanol–water partition coefficient (Wildman–Crippen LogP) is 5.23. The van der Waals surface area contributed by atoms with Crippen LogP contribution in [0, 0.1) is 0 Å². The number of pyridine rings is 1. The maximum atomic E-state index is 5.86. The number of aromatic nitrogens is 1. The number of anilines is 1. The molecule has 1 aromatic carbocycles. The molecular formula is C15H16BrClN2. The lowest BCUT2D eigenvalue weighted by atomic mass is 10.0. The molecule has 0 bridgehead atoms. The molecular weight excluding hydrogens is 324 g/mol. The molecule has 0 amide bonds. The first kappa shape index (κ1) is 14.4. The standard InChI is InChI=1S/C15H16BrClN2/c1-10(2)12-5-3-11(4-6-12)8-18-13-7-14(16)15(17)19-9-13/h3-7,9-10,18H,8H2,1-2H3. The quantitative estimate of drug-likeness (QED) is 0.771. The van der Waals surface area contributed by atoms with Crippen LogP contribution >= 0.6 is 27.5 Å². The summed E-state index contributed by atoms with van der Waals surface area (Å²) >= 11 is 9.22. The molecule has 0 aliphatic rings. The summed E-state index contributed by atoms with van der Waals surface area (Å²) in [7, 11) is 0. The van der Waals surface area contributed by atoms with Crippen molar-refractivity contribution in [2.45, 2.75) is 26.3 Å². The SMILES string of the molecule is CC(C)c1ccc(CNc2cnc(Cl)c(Br)c2)cc1. The Morgan fingerprint density at radius 2 is 1.95 bits per heavy atom. The predicted molar refractivity (Wildman–Crippen MR) is 84.8 cm³/mol. The van der Waals surface area contributed by atoms with Gasteiger partial charge < -0.3 is 5.32 Å². The second-order valence-electron chi connectivity index (χ2n) is 4.75. The van der Waals surface area contributed by atoms with Gasteiger partial charge in [0.15, 0.2) is 0 Å². The molecule has 0 spiro atoms. The highest BCUT2D eigenvalue weighted by Gasteiger charge is 2.01. The van der Waals surface area contributed by atoms with Gasteiger partial charge in [-0.15, -0.1) is 0 Å². The van der Waals surface area contributed by atoms with E-state index in [-0.39, 0.29) is 0 Å². The van der Waals surface area contributed by atoms with Crippen LogP contribution in [0.3, 0.4) is 0 Å². The summed E-state index contributed by atoms with van der Waals surface area (Å²) in [6.45, 7) is 5.17. The van der Waals surface area contributed by atoms with Gasteiger partial charge in [-0.05, 0) is 39.0 Å². The lowest BCUT2D eigenvalue weighted by Gasteiger charge is -2.09. The summed E-state index contributed by atoms with van der Waals surface area (Å²) in [5, 5.41) is 3.81. The van der Waals surface area contributed by atoms with E-state index in [0.29, 0.717) is 11.1 Å². The molecule has 100 valence electrons. The zero-order valence-corrected chi connectivity index (χ0v) is 13.3. The summed E-state index contributed by atoms with van der Waals surface area (Å²) in [6.07, 6.45) is 1.73. The van der Waals surface area contributed by atoms with Crippen molar-refractivity contribution in [3.8, 4) is 0 Å². The Kier molecular flexibility index (Phi) is 4.83. The van der Waals surface area contributed by atoms with E-state index < -0.39 is 0 Å². The molecule has 1 aromatic heterocycles. The van der Waals surface area contributed by atoms with Gasteiger partial charge in [-0.2, -0.15) is 0 Å². The Morgan fingerprint density at radius 1 is 1.26 bits per heavy atom. The zero-order valence-electron chi connectivity index (χ0n) is 11.0. The number of nitrogens with zero attached hydrogens (tertiary/aromatic N) is 1. The first-order valence-electron chi connectivity index (χ1n) is 6.20. The van der Waals surface area contributed by atoms with E-state index in [2.05, 4.69) is 64.3 Å². The maximum absolute atomic E-state index is 5.86. The van der Waals surface area contributed by atoms with E-state index >= 15 is 0 Å². The van der Waals surface area contributed by atoms with Crippen LogP contribution in [0.5, 0.6) is 0 Å². The van der Waals surface area contributed by atoms with Gasteiger partial charge in [-0.1, -0.05) is 49.7 Å². The van der Waals surface area contributed by atoms with E-state index in [1.165, 1.54) is 11.1 Å². The molecule has 4 heteroatoms. The number of benzene rings is 1. The Labute approximate surface area is 127 Å². The van der Waals surface area contributed by atoms with Gasteiger partial charge >= 0.3 is 0 Å². The second kappa shape index (κ2) is 6.40. The fourth-order valence-corrected chi connectivity index (χ4v) is 2.19. The molecule has 2 rings (SSSR count). The van der Waals surface area contributed by atoms with E-state index in [4.69, 9.17) is 11.6 Å². The van der Waals surface area contributed by atoms with Gasteiger partial charge in [-0.25, -0.2) is 4.98 Å². The minimum atomic E-state index is 0.479. The van der Waals surface area contributed by atoms with Gasteiger partial charge in [-0.3, -0.25) is 0 Å². The van der Waals surface area contributed by atoms with Crippen molar-refractivity contribution >= 4 is 33.2 Å². The molecule has 1 N–H and O–H groups in total. The molecule has 0 fully saturated rings. The minimum Gasteiger partial charge on any atom is -0.380 e. The van der Waals surface area contributed by atoms with E-state index in [9.17, 15) is 0 Å². The third-order valence-electron chi connectivity index (χ3n) is 2.94. The Hall–Kier alpha value is -1.06. The molecule has 0 saturated heterocycles. The molecule has 0 saturated carbocycles. The lowest BCUT2D eigenvalue weighted by molar-refractivity contribution is 0.865. The number of hydrogen-bond acceptors (Lipinski definition) is 2. The minimum absolute atomic E-state index is 0.479. The fourth-order valence-electron chi connectivity index (χ4n) is 1.74. The van der Waals surface area contributed by atoms with Crippen molar-refractivity contribution < 1.29 is 0 Å². The Morgan fingerprint density at radius 3 is 2.53 bits per heavy atom. The van der Waals surface area contributed by atoms with E-state index in [1.54, 1.807) is 6.20 Å². The summed E-state index contributed by atoms with van der Waals surface area (Å²) in [5.41, 5.74) is 3.55. The first-order valence-corrected chi connectivity index (χ1v) is 7.37. The van der Waals surface area contributed by atoms with Crippen molar-refractivity contribution in [3.05, 3.63) is 57.3 Å². The largest absolute Gasteiger partial charge is 0.380 e. The Bertz CT molecular complexity index is 553. The molecule has 0 radical (unpaired) electrons. The molecule has 0 aliphatic carbocycles. The topological polar surface area (TPSA) is 24.9 Å². The van der Waals surface area contributed by atoms with Crippen molar-refractivity contribution in [2.75, 3.05) is 5.32 Å². The highest BCUT2D eigenvalue weighted by Crippen LogP contribution is 2.23. The van der Waals surface area contributed by atoms with Crippen LogP contribution < -0.4 is 5.32 Å². The smallest absolute Gasteiger partial charge is 0.143 e. The Balaban J connectivity index is 2.00. The van der Waals surface area contributed by atoms with Gasteiger partial charge in [0.05, 0.1) is 16.4 Å². The van der Waals surface area contributed by atoms with Crippen LogP contribution in [-0.4, -0.2) is 4.98 Å². The second-order valence-corrected chi connectivity index (χ2v) is 5.96. The third kappa shape index (κ3) is 3.95. The monoisotopic (exact) mass is 338 g/mol. The van der Waals surface area contributed by atoms with Crippen LogP contribution in [0.4, 0.5) is 5.69 Å². The molecule has 2 aromatic rings. The van der Waals surface area contributed by atoms with E-state index in [1.807, 2.05) is 6.07 Å². The summed E-state index contributed by atoms with van der Waals surface area (Å²) in [6, 6.07) is 10.6. The van der Waals surface area contributed by atoms with Crippen LogP contribution in [0.1, 0.15) is 30.9 Å². The van der Waals surface area contributed by atoms with Gasteiger partial charge in [0.2, 0.25) is 0 Å². The molecule has 2 nitrogen and oxygen atoms in total. The van der Waals surface area contributed by atoms with Crippen molar-refractivity contribution in [1.29, 1.82) is 0 Å². The summed E-state index contributed by atoms with van der Waals surface area (Å²) in [5.74, 6) is 0.568. The molecule has 0 unspecified atom stereocenters. The summed E-state index contributed by atoms with van der Waals surface area (Å²) in [4.78, 5) is 4.08. The number of nitrogens with one attached hydrogen (secondary N) is 1. The van der Waals surface area contributed by atoms with Gasteiger partial charge in [0.25, 0.3) is 0 Å². The molecule has 0 atom stereocenters. The number of hydrogen-bond donors (Lipinski definition) is 1. The maximum Gasteiger partial charge on any atom is 0.143 e. The van der Waals surface area contributed by atoms with Crippen LogP contribution in [-0.2, 0) is 6.54 Å². The zero-order chi connectivity index (χ0) is 13.8. The van der Waals surface area contributed by atoms with Crippen molar-refractivity contribution in [1.82, 2.24) is 4.98 Å². The molecule has 0 aliphatic heterocycles. The third-order valence-corrected chi connectivity index (χ3v) is 4.07. The summed E-state index contributed by atoms with van der Waals surface area (Å²) < 4.78 is 0.800. The number of rotatable bonds is 4. The average molecular weight is 340 g/mol. The fraction of sp³-hybridized carbons (Fsp3) is 0.267. The van der Waals surface area contributed by atoms with Crippen molar-refractivity contribution in [2.24, 2.45) is 0 Å². The van der Waals surface area contributed by atoms with Crippen LogP contribution in [0.15, 0.2) is 41.0 Å². The van der Waals surface area contributed by atoms with E-state index in [0.717, 1.165) is 16.7 Å². The normalized spacial score (nSPS) is 10.8. The first-order chi connectivity index (χ1) is 9.06. The van der Waals surface area contributed by atoms with Crippen LogP contribution in [0.2, 0.25) is 5.15 Å². The highest BCUT2D eigenvalue weighted by molar-refractivity contribution is 9.10. The highest BCUT2D eigenvalue weighted by atomic mass is 79.9. The van der Waals surface area contributed by atoms with Gasteiger partial charge in [0, 0.05) is 6.54 Å². The molecule has 1 heterocycles. The van der Waals surface area contributed by atoms with Crippen LogP contribution in [0.25, 0.3) is 0 Å². The average Bonchev–Trinajstić information content (AvgIpc) is 2.40. The van der Waals surface area contributed by atoms with Crippen molar-refractivity contribution in [3.63, 3.8) is 0 Å².